The molecule has 0 aromatic rings. The van der Waals surface area contributed by atoms with Gasteiger partial charge in [-0.1, -0.05) is 0 Å². The predicted octanol–water partition coefficient (Wildman–Crippen LogP) is 3.23. The normalized spacial score (nSPS) is 28.3. The molecule has 0 aromatic carbocycles. The molecule has 2 aliphatic heterocycles. The fourth-order valence-electron chi connectivity index (χ4n) is 5.07. The first kappa shape index (κ1) is 15.3. The third kappa shape index (κ3) is 2.83. The Balaban J connectivity index is 1.76. The van der Waals surface area contributed by atoms with Crippen LogP contribution in [0.25, 0.3) is 0 Å². The van der Waals surface area contributed by atoms with Gasteiger partial charge in [0.05, 0.1) is 0 Å². The minimum Gasteiger partial charge on any atom is -0.375 e. The first-order valence-corrected chi connectivity index (χ1v) is 9.72. The standard InChI is InChI=1S/C20H32N3/c1-21(2)20-18-15-17(22-11-3-4-12-22)9-7-16(18)8-10-19(20)23-13-5-6-14-23/h15-16H,3-14H2,1-2H3/q+1. The van der Waals surface area contributed by atoms with E-state index < -0.39 is 0 Å². The van der Waals surface area contributed by atoms with Crippen molar-refractivity contribution in [1.82, 2.24) is 9.80 Å². The van der Waals surface area contributed by atoms with Gasteiger partial charge in [-0.15, -0.1) is 0 Å². The lowest BCUT2D eigenvalue weighted by Gasteiger charge is -2.35. The summed E-state index contributed by atoms with van der Waals surface area (Å²) in [6.07, 6.45) is 13.4. The van der Waals surface area contributed by atoms with Crippen molar-refractivity contribution in [2.24, 2.45) is 5.92 Å². The van der Waals surface area contributed by atoms with Gasteiger partial charge in [-0.25, -0.2) is 4.58 Å². The number of hydrogen-bond acceptors (Lipinski definition) is 2. The fourth-order valence-corrected chi connectivity index (χ4v) is 5.07. The van der Waals surface area contributed by atoms with E-state index in [0.29, 0.717) is 0 Å². The van der Waals surface area contributed by atoms with Crippen molar-refractivity contribution in [2.45, 2.75) is 51.4 Å². The minimum absolute atomic E-state index is 0.796. The van der Waals surface area contributed by atoms with Gasteiger partial charge in [0.25, 0.3) is 0 Å². The van der Waals surface area contributed by atoms with E-state index in [2.05, 4.69) is 34.5 Å². The SMILES string of the molecule is CN(C)C1=C2C=C(N3CCCC3)CCC2CCC1=[N+]1CCCC1. The molecular weight excluding hydrogens is 282 g/mol. The smallest absolute Gasteiger partial charge is 0.199 e. The first-order valence-electron chi connectivity index (χ1n) is 9.72. The number of likely N-dealkylation sites (tertiary alicyclic amines) is 1. The maximum Gasteiger partial charge on any atom is 0.199 e. The Morgan fingerprint density at radius 3 is 2.39 bits per heavy atom. The molecule has 2 heterocycles. The molecule has 0 N–H and O–H groups in total. The van der Waals surface area contributed by atoms with Crippen molar-refractivity contribution in [3.63, 3.8) is 0 Å². The molecule has 3 heteroatoms. The molecule has 0 aromatic heterocycles. The van der Waals surface area contributed by atoms with E-state index >= 15 is 0 Å². The summed E-state index contributed by atoms with van der Waals surface area (Å²) in [6, 6.07) is 0. The van der Waals surface area contributed by atoms with Gasteiger partial charge < -0.3 is 9.80 Å². The van der Waals surface area contributed by atoms with Crippen molar-refractivity contribution < 1.29 is 4.58 Å². The van der Waals surface area contributed by atoms with Crippen LogP contribution in [-0.4, -0.2) is 60.4 Å². The average molecular weight is 314 g/mol. The molecular formula is C20H32N3+. The van der Waals surface area contributed by atoms with Crippen LogP contribution in [0.2, 0.25) is 0 Å². The summed E-state index contributed by atoms with van der Waals surface area (Å²) in [5, 5.41) is 0. The Labute approximate surface area is 141 Å². The molecule has 4 rings (SSSR count). The molecule has 1 unspecified atom stereocenters. The topological polar surface area (TPSA) is 9.49 Å². The Hall–Kier alpha value is -1.25. The van der Waals surface area contributed by atoms with E-state index in [1.165, 1.54) is 77.5 Å². The Kier molecular flexibility index (Phi) is 4.21. The third-order valence-electron chi connectivity index (χ3n) is 6.23. The van der Waals surface area contributed by atoms with Crippen molar-refractivity contribution in [3.05, 3.63) is 23.0 Å². The van der Waals surface area contributed by atoms with E-state index in [4.69, 9.17) is 0 Å². The second kappa shape index (κ2) is 6.33. The third-order valence-corrected chi connectivity index (χ3v) is 6.23. The zero-order valence-corrected chi connectivity index (χ0v) is 15.0. The number of hydrogen-bond donors (Lipinski definition) is 0. The molecule has 23 heavy (non-hydrogen) atoms. The van der Waals surface area contributed by atoms with Gasteiger partial charge >= 0.3 is 0 Å². The molecule has 4 aliphatic rings. The Bertz CT molecular complexity index is 553. The van der Waals surface area contributed by atoms with Gasteiger partial charge in [0.1, 0.15) is 18.8 Å². The van der Waals surface area contributed by atoms with Crippen LogP contribution in [0.3, 0.4) is 0 Å². The molecule has 3 nitrogen and oxygen atoms in total. The summed E-state index contributed by atoms with van der Waals surface area (Å²) in [5.41, 5.74) is 6.46. The van der Waals surface area contributed by atoms with E-state index in [1.807, 2.05) is 0 Å². The molecule has 1 atom stereocenters. The molecule has 2 aliphatic carbocycles. The molecule has 0 bridgehead atoms. The van der Waals surface area contributed by atoms with Gasteiger partial charge in [0, 0.05) is 52.1 Å². The van der Waals surface area contributed by atoms with Crippen LogP contribution in [-0.2, 0) is 0 Å². The van der Waals surface area contributed by atoms with Gasteiger partial charge in [-0.05, 0) is 49.7 Å². The van der Waals surface area contributed by atoms with Crippen molar-refractivity contribution >= 4 is 5.71 Å². The summed E-state index contributed by atoms with van der Waals surface area (Å²) < 4.78 is 2.68. The summed E-state index contributed by atoms with van der Waals surface area (Å²) in [6.45, 7) is 5.11. The summed E-state index contributed by atoms with van der Waals surface area (Å²) in [5.74, 6) is 0.796. The van der Waals surface area contributed by atoms with Crippen molar-refractivity contribution in [2.75, 3.05) is 40.3 Å². The molecule has 0 spiro atoms. The highest BCUT2D eigenvalue weighted by molar-refractivity contribution is 5.98. The lowest BCUT2D eigenvalue weighted by Crippen LogP contribution is -2.35. The van der Waals surface area contributed by atoms with Crippen LogP contribution in [0.4, 0.5) is 0 Å². The number of rotatable bonds is 2. The highest BCUT2D eigenvalue weighted by atomic mass is 15.2. The number of nitrogens with zero attached hydrogens (tertiary/aromatic N) is 3. The predicted molar refractivity (Wildman–Crippen MR) is 95.8 cm³/mol. The zero-order valence-electron chi connectivity index (χ0n) is 15.0. The largest absolute Gasteiger partial charge is 0.375 e. The molecule has 0 radical (unpaired) electrons. The zero-order chi connectivity index (χ0) is 15.8. The van der Waals surface area contributed by atoms with Crippen molar-refractivity contribution in [3.8, 4) is 0 Å². The summed E-state index contributed by atoms with van der Waals surface area (Å²) in [7, 11) is 4.50. The van der Waals surface area contributed by atoms with Crippen LogP contribution in [0.1, 0.15) is 51.4 Å². The van der Waals surface area contributed by atoms with E-state index in [0.717, 1.165) is 5.92 Å². The van der Waals surface area contributed by atoms with Crippen LogP contribution in [0.15, 0.2) is 23.0 Å². The monoisotopic (exact) mass is 314 g/mol. The fraction of sp³-hybridized carbons (Fsp3) is 0.750. The van der Waals surface area contributed by atoms with Crippen LogP contribution in [0.5, 0.6) is 0 Å². The van der Waals surface area contributed by atoms with Crippen LogP contribution >= 0.6 is 0 Å². The Morgan fingerprint density at radius 1 is 1.00 bits per heavy atom. The summed E-state index contributed by atoms with van der Waals surface area (Å²) in [4.78, 5) is 5.05. The van der Waals surface area contributed by atoms with E-state index in [1.54, 1.807) is 22.7 Å². The molecule has 2 fully saturated rings. The van der Waals surface area contributed by atoms with Crippen molar-refractivity contribution in [1.29, 1.82) is 0 Å². The molecule has 2 saturated heterocycles. The van der Waals surface area contributed by atoms with Gasteiger partial charge in [0.15, 0.2) is 5.71 Å². The highest BCUT2D eigenvalue weighted by Crippen LogP contribution is 2.40. The lowest BCUT2D eigenvalue weighted by molar-refractivity contribution is -0.507. The second-order valence-electron chi connectivity index (χ2n) is 7.94. The minimum atomic E-state index is 0.796. The number of fused-ring (bicyclic) bond motifs is 1. The average Bonchev–Trinajstić information content (AvgIpc) is 3.26. The number of allylic oxidation sites excluding steroid dienone is 4. The van der Waals surface area contributed by atoms with Gasteiger partial charge in [-0.2, -0.15) is 0 Å². The van der Waals surface area contributed by atoms with Crippen LogP contribution in [0, 0.1) is 5.92 Å². The Morgan fingerprint density at radius 2 is 1.70 bits per heavy atom. The second-order valence-corrected chi connectivity index (χ2v) is 7.94. The first-order chi connectivity index (χ1) is 11.2. The molecule has 0 saturated carbocycles. The quantitative estimate of drug-likeness (QED) is 0.724. The van der Waals surface area contributed by atoms with Gasteiger partial charge in [-0.3, -0.25) is 0 Å². The highest BCUT2D eigenvalue weighted by Gasteiger charge is 2.36. The molecule has 0 amide bonds. The summed E-state index contributed by atoms with van der Waals surface area (Å²) >= 11 is 0. The van der Waals surface area contributed by atoms with Gasteiger partial charge in [0.2, 0.25) is 0 Å². The maximum atomic E-state index is 2.68. The lowest BCUT2D eigenvalue weighted by atomic mass is 9.77. The maximum absolute atomic E-state index is 2.68. The van der Waals surface area contributed by atoms with E-state index in [-0.39, 0.29) is 0 Å². The van der Waals surface area contributed by atoms with E-state index in [9.17, 15) is 0 Å². The molecule has 126 valence electrons. The van der Waals surface area contributed by atoms with Crippen LogP contribution < -0.4 is 0 Å².